The van der Waals surface area contributed by atoms with E-state index in [0.717, 1.165) is 18.6 Å². The Hall–Kier alpha value is -1.07. The molecule has 0 unspecified atom stereocenters. The Bertz CT molecular complexity index is 381. The quantitative estimate of drug-likeness (QED) is 0.907. The summed E-state index contributed by atoms with van der Waals surface area (Å²) in [7, 11) is 0. The van der Waals surface area contributed by atoms with E-state index in [4.69, 9.17) is 9.84 Å². The minimum atomic E-state index is -2.25. The van der Waals surface area contributed by atoms with Crippen LogP contribution in [0.2, 0.25) is 0 Å². The Labute approximate surface area is 123 Å². The van der Waals surface area contributed by atoms with Crippen molar-refractivity contribution in [1.82, 2.24) is 4.90 Å². The summed E-state index contributed by atoms with van der Waals surface area (Å²) < 4.78 is 30.1. The summed E-state index contributed by atoms with van der Waals surface area (Å²) in [6.45, 7) is 1.92. The number of benzene rings is 1. The zero-order chi connectivity index (χ0) is 13.7. The molecule has 0 spiro atoms. The van der Waals surface area contributed by atoms with Crippen molar-refractivity contribution < 1.29 is 18.6 Å². The first-order valence-electron chi connectivity index (χ1n) is 6.56. The van der Waals surface area contributed by atoms with Crippen molar-refractivity contribution in [2.45, 2.75) is 19.3 Å². The maximum absolute atomic E-state index is 12.2. The summed E-state index contributed by atoms with van der Waals surface area (Å²) in [6.07, 6.45) is -0.458. The first-order chi connectivity index (χ1) is 9.13. The molecule has 1 aromatic rings. The molecule has 0 saturated carbocycles. The third-order valence-electron chi connectivity index (χ3n) is 3.43. The number of nitrogens with zero attached hydrogens (tertiary/aromatic N) is 1. The van der Waals surface area contributed by atoms with E-state index in [1.807, 2.05) is 4.90 Å². The van der Waals surface area contributed by atoms with Crippen LogP contribution in [-0.4, -0.2) is 42.7 Å². The highest BCUT2D eigenvalue weighted by atomic mass is 35.5. The first-order valence-corrected chi connectivity index (χ1v) is 6.56. The fourth-order valence-corrected chi connectivity index (χ4v) is 2.29. The molecule has 1 aliphatic heterocycles. The summed E-state index contributed by atoms with van der Waals surface area (Å²) in [5.74, 6) is 1.36. The van der Waals surface area contributed by atoms with Crippen molar-refractivity contribution >= 4 is 12.4 Å². The first kappa shape index (κ1) is 17.0. The summed E-state index contributed by atoms with van der Waals surface area (Å²) in [6, 6.07) is 6.61. The van der Waals surface area contributed by atoms with Gasteiger partial charge in [-0.05, 0) is 56.1 Å². The number of phenols is 1. The number of likely N-dealkylation sites (tertiary alicyclic amines) is 1. The van der Waals surface area contributed by atoms with Crippen molar-refractivity contribution in [2.24, 2.45) is 5.92 Å². The summed E-state index contributed by atoms with van der Waals surface area (Å²) in [5, 5.41) is 9.15. The van der Waals surface area contributed by atoms with Gasteiger partial charge in [0, 0.05) is 0 Å². The molecule has 114 valence electrons. The zero-order valence-electron chi connectivity index (χ0n) is 11.2. The molecule has 0 aliphatic carbocycles. The molecule has 1 fully saturated rings. The van der Waals surface area contributed by atoms with E-state index < -0.39 is 6.43 Å². The summed E-state index contributed by atoms with van der Waals surface area (Å²) >= 11 is 0. The van der Waals surface area contributed by atoms with E-state index in [9.17, 15) is 8.78 Å². The largest absolute Gasteiger partial charge is 0.508 e. The molecule has 6 heteroatoms. The van der Waals surface area contributed by atoms with Gasteiger partial charge in [0.2, 0.25) is 0 Å². The molecule has 0 aromatic heterocycles. The van der Waals surface area contributed by atoms with E-state index in [2.05, 4.69) is 0 Å². The van der Waals surface area contributed by atoms with Crippen molar-refractivity contribution in [3.63, 3.8) is 0 Å². The number of piperidine rings is 1. The lowest BCUT2D eigenvalue weighted by atomic mass is 9.98. The second-order valence-electron chi connectivity index (χ2n) is 4.94. The van der Waals surface area contributed by atoms with E-state index >= 15 is 0 Å². The standard InChI is InChI=1S/C14H19F2NO2.ClH/c15-14(16)9-17-7-5-11(6-8-17)10-19-13-3-1-12(18)2-4-13;/h1-4,11,14,18H,5-10H2;1H. The van der Waals surface area contributed by atoms with Crippen LogP contribution >= 0.6 is 12.4 Å². The maximum atomic E-state index is 12.2. The highest BCUT2D eigenvalue weighted by Gasteiger charge is 2.21. The number of phenolic OH excluding ortho intramolecular Hbond substituents is 1. The Morgan fingerprint density at radius 3 is 2.35 bits per heavy atom. The molecule has 0 bridgehead atoms. The van der Waals surface area contributed by atoms with Gasteiger partial charge in [-0.1, -0.05) is 0 Å². The lowest BCUT2D eigenvalue weighted by molar-refractivity contribution is 0.0620. The molecular weight excluding hydrogens is 288 g/mol. The van der Waals surface area contributed by atoms with Crippen LogP contribution in [0.1, 0.15) is 12.8 Å². The van der Waals surface area contributed by atoms with Gasteiger partial charge in [-0.2, -0.15) is 0 Å². The monoisotopic (exact) mass is 307 g/mol. The minimum absolute atomic E-state index is 0. The molecule has 2 rings (SSSR count). The second kappa shape index (κ2) is 8.27. The van der Waals surface area contributed by atoms with Crippen LogP contribution in [0.5, 0.6) is 11.5 Å². The van der Waals surface area contributed by atoms with Crippen molar-refractivity contribution in [3.8, 4) is 11.5 Å². The second-order valence-corrected chi connectivity index (χ2v) is 4.94. The number of alkyl halides is 2. The topological polar surface area (TPSA) is 32.7 Å². The van der Waals surface area contributed by atoms with E-state index in [-0.39, 0.29) is 24.7 Å². The SMILES string of the molecule is Cl.Oc1ccc(OCC2CCN(CC(F)F)CC2)cc1. The number of hydrogen-bond donors (Lipinski definition) is 1. The fraction of sp³-hybridized carbons (Fsp3) is 0.571. The van der Waals surface area contributed by atoms with Gasteiger partial charge in [-0.25, -0.2) is 8.78 Å². The van der Waals surface area contributed by atoms with Crippen molar-refractivity contribution in [2.75, 3.05) is 26.2 Å². The Morgan fingerprint density at radius 2 is 1.80 bits per heavy atom. The Kier molecular flexibility index (Phi) is 7.02. The third-order valence-corrected chi connectivity index (χ3v) is 3.43. The average Bonchev–Trinajstić information content (AvgIpc) is 2.39. The highest BCUT2D eigenvalue weighted by molar-refractivity contribution is 5.85. The Morgan fingerprint density at radius 1 is 1.20 bits per heavy atom. The van der Waals surface area contributed by atoms with Crippen LogP contribution in [-0.2, 0) is 0 Å². The van der Waals surface area contributed by atoms with Gasteiger partial charge in [0.1, 0.15) is 11.5 Å². The molecule has 1 N–H and O–H groups in total. The van der Waals surface area contributed by atoms with Crippen LogP contribution in [0.15, 0.2) is 24.3 Å². The summed E-state index contributed by atoms with van der Waals surface area (Å²) in [5.41, 5.74) is 0. The van der Waals surface area contributed by atoms with Crippen LogP contribution in [0, 0.1) is 5.92 Å². The smallest absolute Gasteiger partial charge is 0.251 e. The molecular formula is C14H20ClF2NO2. The van der Waals surface area contributed by atoms with Crippen LogP contribution in [0.4, 0.5) is 8.78 Å². The number of hydrogen-bond acceptors (Lipinski definition) is 3. The number of aromatic hydroxyl groups is 1. The molecule has 1 aliphatic rings. The average molecular weight is 308 g/mol. The molecule has 1 heterocycles. The number of rotatable bonds is 5. The van der Waals surface area contributed by atoms with Gasteiger partial charge in [-0.15, -0.1) is 12.4 Å². The minimum Gasteiger partial charge on any atom is -0.508 e. The zero-order valence-corrected chi connectivity index (χ0v) is 12.0. The Balaban J connectivity index is 0.00000200. The van der Waals surface area contributed by atoms with E-state index in [1.165, 1.54) is 0 Å². The predicted octanol–water partition coefficient (Wildman–Crippen LogP) is 3.17. The summed E-state index contributed by atoms with van der Waals surface area (Å²) in [4.78, 5) is 1.81. The molecule has 20 heavy (non-hydrogen) atoms. The predicted molar refractivity (Wildman–Crippen MR) is 76.0 cm³/mol. The molecule has 1 aromatic carbocycles. The van der Waals surface area contributed by atoms with Crippen LogP contribution in [0.3, 0.4) is 0 Å². The normalized spacial score (nSPS) is 16.9. The van der Waals surface area contributed by atoms with Gasteiger partial charge < -0.3 is 9.84 Å². The van der Waals surface area contributed by atoms with Crippen LogP contribution < -0.4 is 4.74 Å². The van der Waals surface area contributed by atoms with Crippen LogP contribution in [0.25, 0.3) is 0 Å². The van der Waals surface area contributed by atoms with Gasteiger partial charge in [-0.3, -0.25) is 4.90 Å². The third kappa shape index (κ3) is 5.51. The van der Waals surface area contributed by atoms with Gasteiger partial charge in [0.25, 0.3) is 6.43 Å². The van der Waals surface area contributed by atoms with Gasteiger partial charge in [0.05, 0.1) is 13.2 Å². The fourth-order valence-electron chi connectivity index (χ4n) is 2.29. The van der Waals surface area contributed by atoms with Gasteiger partial charge in [0.15, 0.2) is 0 Å². The van der Waals surface area contributed by atoms with E-state index in [1.54, 1.807) is 24.3 Å². The molecule has 0 amide bonds. The van der Waals surface area contributed by atoms with Crippen molar-refractivity contribution in [3.05, 3.63) is 24.3 Å². The lowest BCUT2D eigenvalue weighted by Gasteiger charge is -2.31. The van der Waals surface area contributed by atoms with E-state index in [0.29, 0.717) is 25.6 Å². The number of ether oxygens (including phenoxy) is 1. The molecule has 0 atom stereocenters. The molecule has 3 nitrogen and oxygen atoms in total. The van der Waals surface area contributed by atoms with Gasteiger partial charge >= 0.3 is 0 Å². The molecule has 0 radical (unpaired) electrons. The van der Waals surface area contributed by atoms with Crippen molar-refractivity contribution in [1.29, 1.82) is 0 Å². The maximum Gasteiger partial charge on any atom is 0.251 e. The highest BCUT2D eigenvalue weighted by Crippen LogP contribution is 2.21. The number of halogens is 3. The lowest BCUT2D eigenvalue weighted by Crippen LogP contribution is -2.38. The molecule has 1 saturated heterocycles.